The molecule has 4 N–H and O–H groups in total. The lowest BCUT2D eigenvalue weighted by molar-refractivity contribution is -0.120. The molecule has 0 radical (unpaired) electrons. The van der Waals surface area contributed by atoms with E-state index >= 15 is 0 Å². The zero-order valence-electron chi connectivity index (χ0n) is 16.7. The molecule has 8 nitrogen and oxygen atoms in total. The lowest BCUT2D eigenvalue weighted by atomic mass is 10.1. The molecule has 1 aromatic rings. The van der Waals surface area contributed by atoms with Crippen molar-refractivity contribution in [2.45, 2.75) is 33.1 Å². The second kappa shape index (κ2) is 14.7. The summed E-state index contributed by atoms with van der Waals surface area (Å²) in [4.78, 5) is 46.6. The second-order valence-electron chi connectivity index (χ2n) is 6.54. The van der Waals surface area contributed by atoms with E-state index in [1.807, 2.05) is 6.07 Å². The highest BCUT2D eigenvalue weighted by atomic mass is 33.1. The van der Waals surface area contributed by atoms with Crippen molar-refractivity contribution < 1.29 is 19.2 Å². The van der Waals surface area contributed by atoms with Crippen molar-refractivity contribution in [1.82, 2.24) is 16.0 Å². The molecule has 0 aromatic heterocycles. The molecule has 0 unspecified atom stereocenters. The third-order valence-electron chi connectivity index (χ3n) is 3.47. The maximum Gasteiger partial charge on any atom is 0.325 e. The van der Waals surface area contributed by atoms with E-state index in [1.165, 1.54) is 21.6 Å². The Balaban J connectivity index is 2.02. The highest BCUT2D eigenvalue weighted by Crippen LogP contribution is 2.19. The van der Waals surface area contributed by atoms with E-state index in [-0.39, 0.29) is 11.7 Å². The highest BCUT2D eigenvalue weighted by Gasteiger charge is 2.09. The molecule has 0 fully saturated rings. The van der Waals surface area contributed by atoms with Crippen LogP contribution in [0.5, 0.6) is 0 Å². The molecule has 0 spiro atoms. The Bertz CT molecular complexity index is 671. The van der Waals surface area contributed by atoms with Crippen LogP contribution in [0.2, 0.25) is 0 Å². The van der Waals surface area contributed by atoms with Crippen LogP contribution in [0.25, 0.3) is 0 Å². The molecule has 0 aliphatic heterocycles. The van der Waals surface area contributed by atoms with Gasteiger partial charge in [0.25, 0.3) is 0 Å². The molecule has 160 valence electrons. The van der Waals surface area contributed by atoms with Gasteiger partial charge in [-0.05, 0) is 24.5 Å². The number of hydrogen-bond donors (Lipinski definition) is 4. The van der Waals surface area contributed by atoms with E-state index in [9.17, 15) is 19.2 Å². The Morgan fingerprint density at radius 2 is 1.62 bits per heavy atom. The van der Waals surface area contributed by atoms with E-state index in [2.05, 4.69) is 35.1 Å². The predicted molar refractivity (Wildman–Crippen MR) is 119 cm³/mol. The minimum Gasteiger partial charge on any atom is -0.337 e. The normalized spacial score (nSPS) is 10.3. The summed E-state index contributed by atoms with van der Waals surface area (Å²) in [5.74, 6) is 0.506. The van der Waals surface area contributed by atoms with Crippen molar-refractivity contribution in [3.8, 4) is 0 Å². The molecule has 0 saturated heterocycles. The minimum atomic E-state index is -0.580. The van der Waals surface area contributed by atoms with Crippen LogP contribution in [-0.4, -0.2) is 41.9 Å². The van der Waals surface area contributed by atoms with Crippen LogP contribution in [0.4, 0.5) is 15.3 Å². The first-order valence-corrected chi connectivity index (χ1v) is 11.8. The third-order valence-corrected chi connectivity index (χ3v) is 5.74. The molecule has 6 amide bonds. The number of urea groups is 2. The van der Waals surface area contributed by atoms with Gasteiger partial charge in [-0.1, -0.05) is 60.1 Å². The van der Waals surface area contributed by atoms with Gasteiger partial charge in [-0.15, -0.1) is 0 Å². The molecule has 0 atom stereocenters. The number of hydrogen-bond acceptors (Lipinski definition) is 6. The number of para-hydroxylation sites is 1. The largest absolute Gasteiger partial charge is 0.337 e. The minimum absolute atomic E-state index is 0.105. The van der Waals surface area contributed by atoms with Gasteiger partial charge in [-0.2, -0.15) is 0 Å². The van der Waals surface area contributed by atoms with Gasteiger partial charge < -0.3 is 10.6 Å². The summed E-state index contributed by atoms with van der Waals surface area (Å²) in [6.07, 6.45) is 2.04. The SMILES string of the molecule is CC(C)CCCC(=O)NC(=O)NCCSSCC(=O)NC(=O)Nc1ccccc1. The Kier molecular flexibility index (Phi) is 12.6. The van der Waals surface area contributed by atoms with Crippen molar-refractivity contribution in [1.29, 1.82) is 0 Å². The van der Waals surface area contributed by atoms with Gasteiger partial charge in [0.2, 0.25) is 11.8 Å². The average molecular weight is 441 g/mol. The first-order valence-electron chi connectivity index (χ1n) is 9.34. The van der Waals surface area contributed by atoms with Crippen molar-refractivity contribution in [3.63, 3.8) is 0 Å². The number of carbonyl (C=O) groups excluding carboxylic acids is 4. The topological polar surface area (TPSA) is 116 Å². The van der Waals surface area contributed by atoms with Crippen LogP contribution < -0.4 is 21.3 Å². The van der Waals surface area contributed by atoms with Crippen LogP contribution in [0.3, 0.4) is 0 Å². The van der Waals surface area contributed by atoms with Crippen molar-refractivity contribution in [2.24, 2.45) is 5.92 Å². The van der Waals surface area contributed by atoms with E-state index < -0.39 is 18.0 Å². The lowest BCUT2D eigenvalue weighted by Crippen LogP contribution is -2.40. The Labute approximate surface area is 179 Å². The van der Waals surface area contributed by atoms with Gasteiger partial charge in [0, 0.05) is 24.4 Å². The highest BCUT2D eigenvalue weighted by molar-refractivity contribution is 8.76. The van der Waals surface area contributed by atoms with Gasteiger partial charge >= 0.3 is 12.1 Å². The molecule has 0 aliphatic carbocycles. The number of amides is 6. The maximum atomic E-state index is 11.7. The number of nitrogens with one attached hydrogen (secondary N) is 4. The second-order valence-corrected chi connectivity index (χ2v) is 9.13. The zero-order chi connectivity index (χ0) is 21.5. The molecule has 0 bridgehead atoms. The molecule has 29 heavy (non-hydrogen) atoms. The summed E-state index contributed by atoms with van der Waals surface area (Å²) in [6.45, 7) is 4.53. The summed E-state index contributed by atoms with van der Waals surface area (Å²) in [6, 6.07) is 7.73. The average Bonchev–Trinajstić information content (AvgIpc) is 2.64. The molecule has 0 saturated carbocycles. The maximum absolute atomic E-state index is 11.7. The van der Waals surface area contributed by atoms with Gasteiger partial charge in [0.1, 0.15) is 0 Å². The fourth-order valence-corrected chi connectivity index (χ4v) is 3.85. The molecule has 0 aliphatic rings. The van der Waals surface area contributed by atoms with Crippen molar-refractivity contribution in [2.75, 3.05) is 23.4 Å². The van der Waals surface area contributed by atoms with Crippen molar-refractivity contribution in [3.05, 3.63) is 30.3 Å². The van der Waals surface area contributed by atoms with Gasteiger partial charge in [0.05, 0.1) is 5.75 Å². The fraction of sp³-hybridized carbons (Fsp3) is 0.474. The number of carbonyl (C=O) groups is 4. The summed E-state index contributed by atoms with van der Waals surface area (Å²) < 4.78 is 0. The van der Waals surface area contributed by atoms with E-state index in [0.717, 1.165) is 12.8 Å². The fourth-order valence-electron chi connectivity index (χ4n) is 2.11. The zero-order valence-corrected chi connectivity index (χ0v) is 18.3. The van der Waals surface area contributed by atoms with E-state index in [0.29, 0.717) is 30.3 Å². The summed E-state index contributed by atoms with van der Waals surface area (Å²) in [7, 11) is 2.66. The van der Waals surface area contributed by atoms with Crippen LogP contribution in [0.1, 0.15) is 33.1 Å². The molecule has 10 heteroatoms. The molecule has 0 heterocycles. The first kappa shape index (κ1) is 24.8. The van der Waals surface area contributed by atoms with Gasteiger partial charge in [-0.25, -0.2) is 9.59 Å². The van der Waals surface area contributed by atoms with Gasteiger partial charge in [-0.3, -0.25) is 20.2 Å². The molecular weight excluding hydrogens is 412 g/mol. The summed E-state index contributed by atoms with van der Waals surface area (Å²) in [5, 5.41) is 9.68. The van der Waals surface area contributed by atoms with E-state index in [1.54, 1.807) is 24.3 Å². The Morgan fingerprint density at radius 1 is 0.931 bits per heavy atom. The monoisotopic (exact) mass is 440 g/mol. The quantitative estimate of drug-likeness (QED) is 0.310. The number of rotatable bonds is 11. The standard InChI is InChI=1S/C19H28N4O4S2/c1-14(2)7-6-10-16(24)22-18(26)20-11-12-28-29-13-17(25)23-19(27)21-15-8-4-3-5-9-15/h3-5,8-9,14H,6-7,10-13H2,1-2H3,(H2,20,22,24,26)(H2,21,23,25,27). The van der Waals surface area contributed by atoms with Crippen LogP contribution in [-0.2, 0) is 9.59 Å². The van der Waals surface area contributed by atoms with Gasteiger partial charge in [0.15, 0.2) is 0 Å². The molecule has 1 aromatic carbocycles. The Morgan fingerprint density at radius 3 is 2.31 bits per heavy atom. The summed E-state index contributed by atoms with van der Waals surface area (Å²) >= 11 is 0. The third kappa shape index (κ3) is 13.6. The predicted octanol–water partition coefficient (Wildman–Crippen LogP) is 3.37. The number of anilines is 1. The van der Waals surface area contributed by atoms with Crippen molar-refractivity contribution >= 4 is 51.2 Å². The molecular formula is C19H28N4O4S2. The van der Waals surface area contributed by atoms with Crippen LogP contribution in [0.15, 0.2) is 30.3 Å². The summed E-state index contributed by atoms with van der Waals surface area (Å²) in [5.41, 5.74) is 0.600. The van der Waals surface area contributed by atoms with E-state index in [4.69, 9.17) is 0 Å². The number of benzene rings is 1. The smallest absolute Gasteiger partial charge is 0.325 e. The lowest BCUT2D eigenvalue weighted by Gasteiger charge is -2.08. The number of imide groups is 2. The van der Waals surface area contributed by atoms with Crippen LogP contribution in [0, 0.1) is 5.92 Å². The first-order chi connectivity index (χ1) is 13.9. The Hall–Kier alpha value is -2.20. The van der Waals surface area contributed by atoms with Crippen LogP contribution >= 0.6 is 21.6 Å². The molecule has 1 rings (SSSR count).